The van der Waals surface area contributed by atoms with Gasteiger partial charge in [0.15, 0.2) is 0 Å². The highest BCUT2D eigenvalue weighted by Gasteiger charge is 2.54. The number of anilines is 1. The van der Waals surface area contributed by atoms with Crippen LogP contribution >= 0.6 is 0 Å². The van der Waals surface area contributed by atoms with E-state index in [2.05, 4.69) is 17.2 Å². The number of amides is 1. The second-order valence-corrected chi connectivity index (χ2v) is 5.71. The van der Waals surface area contributed by atoms with Gasteiger partial charge in [-0.3, -0.25) is 4.79 Å². The Labute approximate surface area is 119 Å². The minimum atomic E-state index is 0.197. The molecule has 20 heavy (non-hydrogen) atoms. The van der Waals surface area contributed by atoms with Crippen LogP contribution in [0.15, 0.2) is 24.3 Å². The van der Waals surface area contributed by atoms with Gasteiger partial charge in [0, 0.05) is 17.2 Å². The van der Waals surface area contributed by atoms with Gasteiger partial charge in [0.25, 0.3) is 0 Å². The van der Waals surface area contributed by atoms with Gasteiger partial charge in [0.05, 0.1) is 6.54 Å². The Kier molecular flexibility index (Phi) is 3.75. The zero-order valence-electron chi connectivity index (χ0n) is 11.6. The number of nitrogens with one attached hydrogen (secondary N) is 1. The average Bonchev–Trinajstić information content (AvgIpc) is 3.21. The van der Waals surface area contributed by atoms with Crippen LogP contribution in [0.25, 0.3) is 0 Å². The summed E-state index contributed by atoms with van der Waals surface area (Å²) in [5, 5.41) is 3.03. The average molecular weight is 268 g/mol. The number of fused-ring (bicyclic) bond motifs is 1. The van der Waals surface area contributed by atoms with Crippen molar-refractivity contribution in [1.82, 2.24) is 0 Å². The summed E-state index contributed by atoms with van der Waals surface area (Å²) in [6, 6.07) is 7.64. The van der Waals surface area contributed by atoms with E-state index in [0.717, 1.165) is 11.3 Å². The van der Waals surface area contributed by atoms with E-state index in [1.807, 2.05) is 24.3 Å². The highest BCUT2D eigenvalue weighted by molar-refractivity contribution is 5.94. The van der Waals surface area contributed by atoms with Crippen molar-refractivity contribution in [3.8, 4) is 11.8 Å². The smallest absolute Gasteiger partial charge is 0.228 e. The molecule has 0 radical (unpaired) electrons. The largest absolute Gasteiger partial charge is 0.326 e. The van der Waals surface area contributed by atoms with Crippen LogP contribution in [-0.4, -0.2) is 12.5 Å². The lowest BCUT2D eigenvalue weighted by atomic mass is 10.0. The van der Waals surface area contributed by atoms with E-state index in [0.29, 0.717) is 18.4 Å². The minimum absolute atomic E-state index is 0.197. The van der Waals surface area contributed by atoms with Gasteiger partial charge in [0.1, 0.15) is 0 Å². The SMILES string of the molecule is NCC#Cc1ccc(NC(=O)C2C3CCCCC32)cc1. The van der Waals surface area contributed by atoms with Crippen molar-refractivity contribution < 1.29 is 4.79 Å². The van der Waals surface area contributed by atoms with E-state index in [9.17, 15) is 4.79 Å². The predicted octanol–water partition coefficient (Wildman–Crippen LogP) is 2.37. The molecule has 3 rings (SSSR count). The number of rotatable bonds is 2. The second kappa shape index (κ2) is 5.68. The molecule has 2 atom stereocenters. The number of carbonyl (C=O) groups is 1. The summed E-state index contributed by atoms with van der Waals surface area (Å²) in [5.41, 5.74) is 7.12. The first-order valence-corrected chi connectivity index (χ1v) is 7.39. The summed E-state index contributed by atoms with van der Waals surface area (Å²) >= 11 is 0. The third-order valence-corrected chi connectivity index (χ3v) is 4.45. The molecule has 1 amide bonds. The van der Waals surface area contributed by atoms with Crippen LogP contribution in [0.1, 0.15) is 31.2 Å². The molecule has 104 valence electrons. The Hall–Kier alpha value is -1.79. The first kappa shape index (κ1) is 13.2. The number of hydrogen-bond donors (Lipinski definition) is 2. The van der Waals surface area contributed by atoms with E-state index in [-0.39, 0.29) is 11.8 Å². The summed E-state index contributed by atoms with van der Waals surface area (Å²) in [5.74, 6) is 7.55. The van der Waals surface area contributed by atoms with Crippen LogP contribution in [0.5, 0.6) is 0 Å². The van der Waals surface area contributed by atoms with Crippen molar-refractivity contribution >= 4 is 11.6 Å². The number of nitrogens with two attached hydrogens (primary N) is 1. The molecule has 3 nitrogen and oxygen atoms in total. The molecule has 2 aliphatic carbocycles. The normalized spacial score (nSPS) is 26.9. The molecule has 2 aliphatic rings. The maximum Gasteiger partial charge on any atom is 0.228 e. The standard InChI is InChI=1S/C17H20N2O/c18-11-3-4-12-7-9-13(10-8-12)19-17(20)16-14-5-1-2-6-15(14)16/h7-10,14-16H,1-2,5-6,11,18H2,(H,19,20). The highest BCUT2D eigenvalue weighted by Crippen LogP contribution is 2.55. The predicted molar refractivity (Wildman–Crippen MR) is 79.9 cm³/mol. The van der Waals surface area contributed by atoms with Crippen LogP contribution in [-0.2, 0) is 4.79 Å². The van der Waals surface area contributed by atoms with Crippen molar-refractivity contribution in [2.45, 2.75) is 25.7 Å². The van der Waals surface area contributed by atoms with Gasteiger partial charge in [0.2, 0.25) is 5.91 Å². The number of hydrogen-bond acceptors (Lipinski definition) is 2. The molecule has 0 spiro atoms. The Morgan fingerprint density at radius 1 is 1.20 bits per heavy atom. The summed E-state index contributed by atoms with van der Waals surface area (Å²) in [6.07, 6.45) is 5.05. The summed E-state index contributed by atoms with van der Waals surface area (Å²) in [4.78, 5) is 12.2. The van der Waals surface area contributed by atoms with E-state index in [4.69, 9.17) is 5.73 Å². The van der Waals surface area contributed by atoms with Gasteiger partial charge < -0.3 is 11.1 Å². The zero-order chi connectivity index (χ0) is 13.9. The van der Waals surface area contributed by atoms with E-state index >= 15 is 0 Å². The molecule has 0 aliphatic heterocycles. The van der Waals surface area contributed by atoms with E-state index in [1.54, 1.807) is 0 Å². The lowest BCUT2D eigenvalue weighted by molar-refractivity contribution is -0.117. The van der Waals surface area contributed by atoms with Crippen molar-refractivity contribution in [2.75, 3.05) is 11.9 Å². The number of benzene rings is 1. The lowest BCUT2D eigenvalue weighted by Crippen LogP contribution is -2.15. The molecule has 0 heterocycles. The lowest BCUT2D eigenvalue weighted by Gasteiger charge is -2.04. The zero-order valence-corrected chi connectivity index (χ0v) is 11.6. The monoisotopic (exact) mass is 268 g/mol. The fourth-order valence-electron chi connectivity index (χ4n) is 3.40. The topological polar surface area (TPSA) is 55.1 Å². The van der Waals surface area contributed by atoms with E-state index < -0.39 is 0 Å². The second-order valence-electron chi connectivity index (χ2n) is 5.71. The van der Waals surface area contributed by atoms with Crippen molar-refractivity contribution in [3.05, 3.63) is 29.8 Å². The molecular formula is C17H20N2O. The van der Waals surface area contributed by atoms with Crippen LogP contribution in [0, 0.1) is 29.6 Å². The summed E-state index contributed by atoms with van der Waals surface area (Å²) in [7, 11) is 0. The fraction of sp³-hybridized carbons (Fsp3) is 0.471. The summed E-state index contributed by atoms with van der Waals surface area (Å²) in [6.45, 7) is 0.364. The first-order valence-electron chi connectivity index (χ1n) is 7.39. The molecule has 3 heteroatoms. The maximum atomic E-state index is 12.2. The highest BCUT2D eigenvalue weighted by atomic mass is 16.2. The van der Waals surface area contributed by atoms with Crippen molar-refractivity contribution in [1.29, 1.82) is 0 Å². The molecule has 2 fully saturated rings. The van der Waals surface area contributed by atoms with Crippen LogP contribution in [0.3, 0.4) is 0 Å². The molecule has 0 bridgehead atoms. The molecule has 2 unspecified atom stereocenters. The maximum absolute atomic E-state index is 12.2. The number of carbonyl (C=O) groups excluding carboxylic acids is 1. The molecule has 3 N–H and O–H groups in total. The van der Waals surface area contributed by atoms with Crippen LogP contribution < -0.4 is 11.1 Å². The van der Waals surface area contributed by atoms with Gasteiger partial charge in [-0.05, 0) is 48.9 Å². The van der Waals surface area contributed by atoms with Gasteiger partial charge in [-0.2, -0.15) is 0 Å². The molecule has 1 aromatic carbocycles. The minimum Gasteiger partial charge on any atom is -0.326 e. The Morgan fingerprint density at radius 2 is 1.85 bits per heavy atom. The molecular weight excluding hydrogens is 248 g/mol. The Balaban J connectivity index is 1.59. The third kappa shape index (κ3) is 2.71. The third-order valence-electron chi connectivity index (χ3n) is 4.45. The van der Waals surface area contributed by atoms with Crippen LogP contribution in [0.4, 0.5) is 5.69 Å². The van der Waals surface area contributed by atoms with Crippen molar-refractivity contribution in [2.24, 2.45) is 23.5 Å². The summed E-state index contributed by atoms with van der Waals surface area (Å²) < 4.78 is 0. The molecule has 0 saturated heterocycles. The molecule has 1 aromatic rings. The van der Waals surface area contributed by atoms with Gasteiger partial charge in [-0.1, -0.05) is 24.7 Å². The van der Waals surface area contributed by atoms with Crippen molar-refractivity contribution in [3.63, 3.8) is 0 Å². The van der Waals surface area contributed by atoms with Gasteiger partial charge in [-0.25, -0.2) is 0 Å². The van der Waals surface area contributed by atoms with Gasteiger partial charge >= 0.3 is 0 Å². The van der Waals surface area contributed by atoms with Crippen LogP contribution in [0.2, 0.25) is 0 Å². The Morgan fingerprint density at radius 3 is 2.45 bits per heavy atom. The fourth-order valence-corrected chi connectivity index (χ4v) is 3.40. The Bertz CT molecular complexity index is 541. The van der Waals surface area contributed by atoms with E-state index in [1.165, 1.54) is 25.7 Å². The van der Waals surface area contributed by atoms with Gasteiger partial charge in [-0.15, -0.1) is 0 Å². The quantitative estimate of drug-likeness (QED) is 0.809. The molecule has 0 aromatic heterocycles. The molecule has 2 saturated carbocycles. The first-order chi connectivity index (χ1) is 9.79.